The molecule has 6 nitrogen and oxygen atoms in total. The van der Waals surface area contributed by atoms with E-state index in [4.69, 9.17) is 0 Å². The number of amides is 2. The van der Waals surface area contributed by atoms with Crippen LogP contribution in [-0.2, 0) is 6.54 Å². The smallest absolute Gasteiger partial charge is 0.317 e. The number of nitrogens with zero attached hydrogens (tertiary/aromatic N) is 3. The molecular formula is C18H30N4O2. The van der Waals surface area contributed by atoms with Gasteiger partial charge in [0.1, 0.15) is 0 Å². The second kappa shape index (κ2) is 8.44. The third kappa shape index (κ3) is 6.09. The van der Waals surface area contributed by atoms with Crippen molar-refractivity contribution in [3.63, 3.8) is 0 Å². The quantitative estimate of drug-likeness (QED) is 0.831. The minimum atomic E-state index is -0.354. The van der Waals surface area contributed by atoms with Crippen molar-refractivity contribution < 1.29 is 9.90 Å². The van der Waals surface area contributed by atoms with Crippen molar-refractivity contribution in [3.8, 4) is 0 Å². The predicted molar refractivity (Wildman–Crippen MR) is 94.6 cm³/mol. The monoisotopic (exact) mass is 334 g/mol. The first-order valence-corrected chi connectivity index (χ1v) is 8.68. The van der Waals surface area contributed by atoms with Crippen LogP contribution in [0.2, 0.25) is 0 Å². The first kappa shape index (κ1) is 18.7. The number of rotatable bonds is 6. The highest BCUT2D eigenvalue weighted by atomic mass is 16.3. The summed E-state index contributed by atoms with van der Waals surface area (Å²) in [6.07, 6.45) is 3.99. The lowest BCUT2D eigenvalue weighted by Gasteiger charge is -2.35. The van der Waals surface area contributed by atoms with E-state index in [1.807, 2.05) is 17.2 Å². The summed E-state index contributed by atoms with van der Waals surface area (Å²) in [4.78, 5) is 20.7. The average Bonchev–Trinajstić information content (AvgIpc) is 2.53. The molecule has 1 saturated heterocycles. The lowest BCUT2D eigenvalue weighted by molar-refractivity contribution is 0.118. The summed E-state index contributed by atoms with van der Waals surface area (Å²) in [6, 6.07) is 4.03. The number of aromatic nitrogens is 1. The molecule has 1 aromatic rings. The third-order valence-corrected chi connectivity index (χ3v) is 4.35. The number of hydrogen-bond donors (Lipinski definition) is 2. The van der Waals surface area contributed by atoms with Gasteiger partial charge in [0.05, 0.1) is 6.10 Å². The molecule has 6 heteroatoms. The molecule has 0 spiro atoms. The zero-order valence-electron chi connectivity index (χ0n) is 15.0. The van der Waals surface area contributed by atoms with Crippen LogP contribution in [0.1, 0.15) is 32.8 Å². The average molecular weight is 334 g/mol. The topological polar surface area (TPSA) is 68.7 Å². The Morgan fingerprint density at radius 1 is 1.38 bits per heavy atom. The largest absolute Gasteiger partial charge is 0.393 e. The van der Waals surface area contributed by atoms with E-state index >= 15 is 0 Å². The van der Waals surface area contributed by atoms with Gasteiger partial charge in [-0.2, -0.15) is 0 Å². The number of carbonyl (C=O) groups excluding carboxylic acids is 1. The molecule has 0 aromatic carbocycles. The van der Waals surface area contributed by atoms with Crippen LogP contribution in [0.3, 0.4) is 0 Å². The Bertz CT molecular complexity index is 511. The van der Waals surface area contributed by atoms with Gasteiger partial charge >= 0.3 is 6.03 Å². The van der Waals surface area contributed by atoms with Crippen LogP contribution >= 0.6 is 0 Å². The Kier molecular flexibility index (Phi) is 6.57. The van der Waals surface area contributed by atoms with Crippen LogP contribution in [0.5, 0.6) is 0 Å². The fraction of sp³-hybridized carbons (Fsp3) is 0.667. The van der Waals surface area contributed by atoms with E-state index in [-0.39, 0.29) is 17.6 Å². The summed E-state index contributed by atoms with van der Waals surface area (Å²) in [5, 5.41) is 12.5. The van der Waals surface area contributed by atoms with Crippen molar-refractivity contribution in [3.05, 3.63) is 30.1 Å². The van der Waals surface area contributed by atoms with Crippen LogP contribution < -0.4 is 5.32 Å². The van der Waals surface area contributed by atoms with Crippen molar-refractivity contribution >= 4 is 6.03 Å². The van der Waals surface area contributed by atoms with E-state index in [0.717, 1.165) is 32.7 Å². The molecule has 1 fully saturated rings. The molecule has 0 radical (unpaired) electrons. The van der Waals surface area contributed by atoms with Crippen molar-refractivity contribution in [1.82, 2.24) is 20.1 Å². The highest BCUT2D eigenvalue weighted by Crippen LogP contribution is 2.21. The van der Waals surface area contributed by atoms with Crippen molar-refractivity contribution in [2.45, 2.75) is 39.8 Å². The van der Waals surface area contributed by atoms with E-state index in [1.165, 1.54) is 5.56 Å². The van der Waals surface area contributed by atoms with Gasteiger partial charge in [-0.1, -0.05) is 19.9 Å². The minimum absolute atomic E-state index is 0.00491. The number of nitrogens with one attached hydrogen (secondary N) is 1. The number of pyridine rings is 1. The molecule has 24 heavy (non-hydrogen) atoms. The van der Waals surface area contributed by atoms with E-state index in [1.54, 1.807) is 13.1 Å². The zero-order valence-corrected chi connectivity index (χ0v) is 15.0. The number of piperazine rings is 1. The molecule has 0 bridgehead atoms. The summed E-state index contributed by atoms with van der Waals surface area (Å²) in [5.41, 5.74) is 1.10. The van der Waals surface area contributed by atoms with Crippen LogP contribution in [0.4, 0.5) is 4.79 Å². The van der Waals surface area contributed by atoms with Gasteiger partial charge in [0, 0.05) is 51.7 Å². The Balaban J connectivity index is 1.72. The molecule has 2 heterocycles. The van der Waals surface area contributed by atoms with Gasteiger partial charge < -0.3 is 15.3 Å². The number of urea groups is 1. The number of aliphatic hydroxyl groups is 1. The van der Waals surface area contributed by atoms with Gasteiger partial charge in [-0.05, 0) is 30.4 Å². The standard InChI is InChI=1S/C18H30N4O2/c1-15(23)11-18(2,3)14-20-17(24)22-9-7-21(8-10-22)13-16-5-4-6-19-12-16/h4-6,12,15,23H,7-11,13-14H2,1-3H3,(H,20,24). The molecular weight excluding hydrogens is 304 g/mol. The molecule has 0 aliphatic carbocycles. The molecule has 1 aromatic heterocycles. The molecule has 1 unspecified atom stereocenters. The summed E-state index contributed by atoms with van der Waals surface area (Å²) in [6.45, 7) is 10.6. The maximum absolute atomic E-state index is 12.3. The van der Waals surface area contributed by atoms with E-state index in [9.17, 15) is 9.90 Å². The summed E-state index contributed by atoms with van der Waals surface area (Å²) < 4.78 is 0. The van der Waals surface area contributed by atoms with Crippen molar-refractivity contribution in [2.24, 2.45) is 5.41 Å². The van der Waals surface area contributed by atoms with Gasteiger partial charge in [0.15, 0.2) is 0 Å². The fourth-order valence-electron chi connectivity index (χ4n) is 3.16. The summed E-state index contributed by atoms with van der Waals surface area (Å²) in [5.74, 6) is 0. The van der Waals surface area contributed by atoms with E-state index in [2.05, 4.69) is 35.1 Å². The number of carbonyl (C=O) groups is 1. The highest BCUT2D eigenvalue weighted by molar-refractivity contribution is 5.74. The van der Waals surface area contributed by atoms with Gasteiger partial charge in [0.2, 0.25) is 0 Å². The molecule has 2 amide bonds. The molecule has 1 atom stereocenters. The van der Waals surface area contributed by atoms with Crippen molar-refractivity contribution in [1.29, 1.82) is 0 Å². The summed E-state index contributed by atoms with van der Waals surface area (Å²) in [7, 11) is 0. The molecule has 1 aliphatic heterocycles. The normalized spacial score (nSPS) is 17.6. The van der Waals surface area contributed by atoms with Gasteiger partial charge in [-0.3, -0.25) is 9.88 Å². The van der Waals surface area contributed by atoms with E-state index < -0.39 is 0 Å². The molecule has 0 saturated carbocycles. The second-order valence-electron chi connectivity index (χ2n) is 7.50. The first-order chi connectivity index (χ1) is 11.4. The minimum Gasteiger partial charge on any atom is -0.393 e. The maximum Gasteiger partial charge on any atom is 0.317 e. The fourth-order valence-corrected chi connectivity index (χ4v) is 3.16. The lowest BCUT2D eigenvalue weighted by atomic mass is 9.87. The van der Waals surface area contributed by atoms with Crippen LogP contribution in [0, 0.1) is 5.41 Å². The Morgan fingerprint density at radius 3 is 2.67 bits per heavy atom. The van der Waals surface area contributed by atoms with Gasteiger partial charge in [-0.25, -0.2) is 4.79 Å². The number of hydrogen-bond acceptors (Lipinski definition) is 4. The molecule has 2 rings (SSSR count). The lowest BCUT2D eigenvalue weighted by Crippen LogP contribution is -2.52. The Morgan fingerprint density at radius 2 is 2.08 bits per heavy atom. The number of aliphatic hydroxyl groups excluding tert-OH is 1. The van der Waals surface area contributed by atoms with Gasteiger partial charge in [0.25, 0.3) is 0 Å². The first-order valence-electron chi connectivity index (χ1n) is 8.68. The van der Waals surface area contributed by atoms with Crippen LogP contribution in [0.25, 0.3) is 0 Å². The second-order valence-corrected chi connectivity index (χ2v) is 7.50. The summed E-state index contributed by atoms with van der Waals surface area (Å²) >= 11 is 0. The molecule has 134 valence electrons. The highest BCUT2D eigenvalue weighted by Gasteiger charge is 2.24. The zero-order chi connectivity index (χ0) is 17.6. The van der Waals surface area contributed by atoms with Crippen LogP contribution in [-0.4, -0.2) is 64.7 Å². The predicted octanol–water partition coefficient (Wildman–Crippen LogP) is 1.71. The van der Waals surface area contributed by atoms with E-state index in [0.29, 0.717) is 13.0 Å². The maximum atomic E-state index is 12.3. The molecule has 1 aliphatic rings. The van der Waals surface area contributed by atoms with Gasteiger partial charge in [-0.15, -0.1) is 0 Å². The Hall–Kier alpha value is -1.66. The van der Waals surface area contributed by atoms with Crippen LogP contribution in [0.15, 0.2) is 24.5 Å². The van der Waals surface area contributed by atoms with Crippen molar-refractivity contribution in [2.75, 3.05) is 32.7 Å². The third-order valence-electron chi connectivity index (χ3n) is 4.35. The Labute approximate surface area is 144 Å². The molecule has 2 N–H and O–H groups in total. The SMILES string of the molecule is CC(O)CC(C)(C)CNC(=O)N1CCN(Cc2cccnc2)CC1.